The van der Waals surface area contributed by atoms with Crippen molar-refractivity contribution in [2.75, 3.05) is 19.6 Å². The summed E-state index contributed by atoms with van der Waals surface area (Å²) in [5.41, 5.74) is 21.7. The van der Waals surface area contributed by atoms with Gasteiger partial charge < -0.3 is 19.6 Å². The van der Waals surface area contributed by atoms with Crippen molar-refractivity contribution in [3.63, 3.8) is 0 Å². The maximum absolute atomic E-state index is 17.6. The van der Waals surface area contributed by atoms with Crippen molar-refractivity contribution in [3.05, 3.63) is 291 Å². The van der Waals surface area contributed by atoms with E-state index in [2.05, 4.69) is 311 Å². The Labute approximate surface area is 453 Å². The first kappa shape index (κ1) is 44.3. The van der Waals surface area contributed by atoms with Crippen LogP contribution in [0.15, 0.2) is 311 Å². The fraction of sp³-hybridized carbons (Fsp3) is 0. The van der Waals surface area contributed by atoms with Crippen molar-refractivity contribution >= 4 is 77.3 Å². The zero-order valence-electron chi connectivity index (χ0n) is 42.3. The zero-order chi connectivity index (χ0) is 51.6. The first-order valence-electron chi connectivity index (χ1n) is 26.6. The second-order valence-electron chi connectivity index (χ2n) is 20.4. The van der Waals surface area contributed by atoms with Crippen LogP contribution >= 0.6 is 0 Å². The minimum atomic E-state index is -4.09. The number of nitrogens with zero attached hydrogens (tertiary/aromatic N) is 4. The Balaban J connectivity index is 0.767. The monoisotopic (exact) mass is 1020 g/mol. The van der Waals surface area contributed by atoms with Crippen molar-refractivity contribution < 1.29 is 4.21 Å². The van der Waals surface area contributed by atoms with Crippen LogP contribution in [0.3, 0.4) is 0 Å². The molecule has 0 saturated heterocycles. The summed E-state index contributed by atoms with van der Waals surface area (Å²) in [7, 11) is -4.09. The van der Waals surface area contributed by atoms with Crippen LogP contribution in [0.5, 0.6) is 0 Å². The van der Waals surface area contributed by atoms with Crippen LogP contribution in [0.4, 0.5) is 68.2 Å². The standard InChI is InChI=1S/C72H48N4OS/c77-78(69-33-17-7-23-57(69)59-47-51(39-45-71(59)78)49-35-41-55(42-36-49)75-65-29-13-9-25-61(65)73(53-19-3-1-4-20-53)62-26-10-14-30-66(62)75)70-34-18-8-24-58(70)60-48-52(40-46-72(60)78)50-37-43-56(44-38-50)76-67-31-15-11-27-63(67)74(54-21-5-2-6-22-54)64-28-12-16-32-68(64)76/h1-48H. The van der Waals surface area contributed by atoms with Crippen LogP contribution in [0.25, 0.3) is 44.5 Å². The van der Waals surface area contributed by atoms with Gasteiger partial charge in [0.2, 0.25) is 0 Å². The average molecular weight is 1020 g/mol. The minimum Gasteiger partial charge on any atom is -0.306 e. The van der Waals surface area contributed by atoms with E-state index in [0.29, 0.717) is 0 Å². The van der Waals surface area contributed by atoms with Gasteiger partial charge in [-0.2, -0.15) is 0 Å². The number of fused-ring (bicyclic) bond motifs is 14. The van der Waals surface area contributed by atoms with Gasteiger partial charge in [0, 0.05) is 51.4 Å². The van der Waals surface area contributed by atoms with Gasteiger partial charge in [0.15, 0.2) is 0 Å². The van der Waals surface area contributed by atoms with Gasteiger partial charge in [-0.05, 0) is 178 Å². The van der Waals surface area contributed by atoms with Gasteiger partial charge in [-0.25, -0.2) is 0 Å². The van der Waals surface area contributed by atoms with Crippen molar-refractivity contribution in [2.45, 2.75) is 19.6 Å². The lowest BCUT2D eigenvalue weighted by atomic mass is 9.98. The molecule has 6 heteroatoms. The van der Waals surface area contributed by atoms with E-state index in [1.54, 1.807) is 0 Å². The molecule has 0 atom stereocenters. The number of para-hydroxylation sites is 10. The molecule has 1 spiro atoms. The van der Waals surface area contributed by atoms with Gasteiger partial charge in [-0.15, -0.1) is 0 Å². The van der Waals surface area contributed by atoms with E-state index in [4.69, 9.17) is 0 Å². The van der Waals surface area contributed by atoms with E-state index in [0.717, 1.165) is 132 Å². The molecule has 12 aromatic rings. The van der Waals surface area contributed by atoms with E-state index >= 15 is 4.21 Å². The Morgan fingerprint density at radius 1 is 0.205 bits per heavy atom. The van der Waals surface area contributed by atoms with Crippen molar-refractivity contribution in [3.8, 4) is 44.5 Å². The average Bonchev–Trinajstić information content (AvgIpc) is 2.70. The molecule has 12 aromatic carbocycles. The topological polar surface area (TPSA) is 30.0 Å². The maximum Gasteiger partial charge on any atom is 0.0703 e. The van der Waals surface area contributed by atoms with Gasteiger partial charge >= 0.3 is 0 Å². The van der Waals surface area contributed by atoms with Crippen LogP contribution in [-0.4, -0.2) is 4.21 Å². The summed E-state index contributed by atoms with van der Waals surface area (Å²) in [5, 5.41) is 0. The molecule has 0 bridgehead atoms. The summed E-state index contributed by atoms with van der Waals surface area (Å²) in [4.78, 5) is 12.9. The largest absolute Gasteiger partial charge is 0.306 e. The Morgan fingerprint density at radius 2 is 0.449 bits per heavy atom. The molecule has 0 saturated carbocycles. The van der Waals surface area contributed by atoms with Crippen molar-refractivity contribution in [1.82, 2.24) is 0 Å². The molecule has 0 radical (unpaired) electrons. The molecule has 4 aliphatic rings. The molecule has 0 aliphatic carbocycles. The summed E-state index contributed by atoms with van der Waals surface area (Å²) in [6, 6.07) is 104. The molecular formula is C72H48N4OS. The summed E-state index contributed by atoms with van der Waals surface area (Å²) in [5.74, 6) is 0. The summed E-state index contributed by atoms with van der Waals surface area (Å²) in [6.45, 7) is 0. The maximum atomic E-state index is 17.6. The van der Waals surface area contributed by atoms with Gasteiger partial charge in [-0.3, -0.25) is 4.21 Å². The number of benzene rings is 12. The molecule has 0 N–H and O–H groups in total. The lowest BCUT2D eigenvalue weighted by Crippen LogP contribution is -2.30. The normalized spacial score (nSPS) is 14.9. The smallest absolute Gasteiger partial charge is 0.0703 e. The van der Waals surface area contributed by atoms with E-state index in [1.807, 2.05) is 0 Å². The molecule has 4 aliphatic heterocycles. The first-order valence-corrected chi connectivity index (χ1v) is 28.5. The molecule has 16 rings (SSSR count). The molecule has 368 valence electrons. The Hall–Kier alpha value is -10.0. The SMILES string of the molecule is O=S12(c3ccccc3-c3cc(-c4ccc(N5c6ccccc6N(c6ccccc6)c6ccccc65)cc4)ccc31)c1ccccc1-c1cc(-c3ccc(N4c5ccccc5N(c5ccccc5)c5ccccc54)cc3)ccc12. The summed E-state index contributed by atoms with van der Waals surface area (Å²) >= 11 is 0. The third-order valence-corrected chi connectivity index (χ3v) is 21.2. The quantitative estimate of drug-likeness (QED) is 0.166. The second-order valence-corrected chi connectivity index (χ2v) is 24.1. The Morgan fingerprint density at radius 3 is 0.769 bits per heavy atom. The molecule has 0 amide bonds. The van der Waals surface area contributed by atoms with E-state index in [-0.39, 0.29) is 0 Å². The number of rotatable bonds is 6. The third-order valence-electron chi connectivity index (χ3n) is 16.4. The highest BCUT2D eigenvalue weighted by Gasteiger charge is 2.57. The Kier molecular flexibility index (Phi) is 9.51. The summed E-state index contributed by atoms with van der Waals surface area (Å²) < 4.78 is 17.6. The number of hydrogen-bond donors (Lipinski definition) is 0. The Bertz CT molecular complexity index is 4100. The van der Waals surface area contributed by atoms with Crippen LogP contribution in [-0.2, 0) is 9.07 Å². The summed E-state index contributed by atoms with van der Waals surface area (Å²) in [6.07, 6.45) is 0. The predicted octanol–water partition coefficient (Wildman–Crippen LogP) is 19.8. The van der Waals surface area contributed by atoms with Crippen LogP contribution in [0.2, 0.25) is 0 Å². The third kappa shape index (κ3) is 6.09. The fourth-order valence-corrected chi connectivity index (χ4v) is 18.2. The fourth-order valence-electron chi connectivity index (χ4n) is 13.0. The highest BCUT2D eigenvalue weighted by Crippen LogP contribution is 2.71. The van der Waals surface area contributed by atoms with E-state index in [1.165, 1.54) is 0 Å². The molecule has 0 aromatic heterocycles. The molecule has 0 fully saturated rings. The molecule has 4 heterocycles. The minimum absolute atomic E-state index is 0.870. The lowest BCUT2D eigenvalue weighted by Gasteiger charge is -2.40. The van der Waals surface area contributed by atoms with Gasteiger partial charge in [0.25, 0.3) is 0 Å². The van der Waals surface area contributed by atoms with Crippen molar-refractivity contribution in [1.29, 1.82) is 0 Å². The molecule has 78 heavy (non-hydrogen) atoms. The molecule has 0 unspecified atom stereocenters. The molecular weight excluding hydrogens is 969 g/mol. The molecule has 5 nitrogen and oxygen atoms in total. The van der Waals surface area contributed by atoms with Gasteiger partial charge in [0.05, 0.1) is 45.5 Å². The van der Waals surface area contributed by atoms with Gasteiger partial charge in [-0.1, -0.05) is 158 Å². The van der Waals surface area contributed by atoms with E-state index in [9.17, 15) is 0 Å². The van der Waals surface area contributed by atoms with Gasteiger partial charge in [0.1, 0.15) is 0 Å². The zero-order valence-corrected chi connectivity index (χ0v) is 43.1. The van der Waals surface area contributed by atoms with Crippen LogP contribution in [0, 0.1) is 0 Å². The highest BCUT2D eigenvalue weighted by atomic mass is 32.3. The second kappa shape index (κ2) is 16.7. The first-order chi connectivity index (χ1) is 38.5. The van der Waals surface area contributed by atoms with Crippen molar-refractivity contribution in [2.24, 2.45) is 0 Å². The number of anilines is 12. The highest BCUT2D eigenvalue weighted by molar-refractivity contribution is 8.21. The predicted molar refractivity (Wildman–Crippen MR) is 322 cm³/mol. The lowest BCUT2D eigenvalue weighted by molar-refractivity contribution is 0.658. The van der Waals surface area contributed by atoms with E-state index < -0.39 is 9.07 Å². The van der Waals surface area contributed by atoms with Crippen LogP contribution < -0.4 is 19.6 Å². The van der Waals surface area contributed by atoms with Crippen LogP contribution in [0.1, 0.15) is 0 Å². The number of hydrogen-bond acceptors (Lipinski definition) is 5.